The molecule has 4 heteroatoms. The van der Waals surface area contributed by atoms with Crippen LogP contribution in [0.15, 0.2) is 84.1 Å². The number of aromatic nitrogens is 1. The van der Waals surface area contributed by atoms with Gasteiger partial charge in [-0.1, -0.05) is 47.1 Å². The van der Waals surface area contributed by atoms with Crippen LogP contribution in [-0.4, -0.2) is 5.90 Å². The van der Waals surface area contributed by atoms with Crippen LogP contribution in [0, 0.1) is 5.82 Å². The molecule has 0 N–H and O–H groups in total. The Labute approximate surface area is 134 Å². The molecule has 0 aliphatic heterocycles. The first-order valence-electron chi connectivity index (χ1n) is 7.28. The van der Waals surface area contributed by atoms with Crippen molar-refractivity contribution in [2.45, 2.75) is 6.42 Å². The largest absolute Gasteiger partial charge is 0.854 e. The van der Waals surface area contributed by atoms with Crippen LogP contribution in [0.4, 0.5) is 4.39 Å². The summed E-state index contributed by atoms with van der Waals surface area (Å²) in [4.78, 5) is 0. The third kappa shape index (κ3) is 3.80. The van der Waals surface area contributed by atoms with E-state index >= 15 is 0 Å². The van der Waals surface area contributed by atoms with Gasteiger partial charge in [-0.2, -0.15) is 0 Å². The summed E-state index contributed by atoms with van der Waals surface area (Å²) in [6.07, 6.45) is 2.30. The number of pyridine rings is 1. The van der Waals surface area contributed by atoms with Crippen LogP contribution >= 0.6 is 0 Å². The molecule has 1 aromatic heterocycles. The lowest BCUT2D eigenvalue weighted by Crippen LogP contribution is -2.37. The zero-order valence-electron chi connectivity index (χ0n) is 12.4. The fraction of sp³-hybridized carbons (Fsp3) is 0.0526. The van der Waals surface area contributed by atoms with Crippen molar-refractivity contribution < 1.29 is 14.2 Å². The van der Waals surface area contributed by atoms with E-state index in [0.29, 0.717) is 12.0 Å². The Hall–Kier alpha value is -3.01. The minimum atomic E-state index is -0.304. The Morgan fingerprint density at radius 1 is 0.913 bits per heavy atom. The van der Waals surface area contributed by atoms with Crippen molar-refractivity contribution in [3.05, 3.63) is 102 Å². The van der Waals surface area contributed by atoms with Gasteiger partial charge in [-0.15, -0.1) is 0 Å². The van der Waals surface area contributed by atoms with Gasteiger partial charge in [0.05, 0.1) is 12.3 Å². The highest BCUT2D eigenvalue weighted by atomic mass is 19.1. The minimum Gasteiger partial charge on any atom is -0.854 e. The third-order valence-corrected chi connectivity index (χ3v) is 3.44. The van der Waals surface area contributed by atoms with E-state index < -0.39 is 0 Å². The maximum atomic E-state index is 13.0. The van der Waals surface area contributed by atoms with Crippen molar-refractivity contribution in [1.29, 1.82) is 0 Å². The normalized spacial score (nSPS) is 11.4. The predicted molar refractivity (Wildman–Crippen MR) is 84.2 cm³/mol. The Morgan fingerprint density at radius 3 is 2.35 bits per heavy atom. The second kappa shape index (κ2) is 6.83. The van der Waals surface area contributed by atoms with Gasteiger partial charge in [0, 0.05) is 12.1 Å². The van der Waals surface area contributed by atoms with Gasteiger partial charge in [-0.3, -0.25) is 0 Å². The molecular weight excluding hydrogens is 291 g/mol. The Bertz CT molecular complexity index is 814. The number of benzene rings is 2. The van der Waals surface area contributed by atoms with E-state index in [0.717, 1.165) is 11.3 Å². The highest BCUT2D eigenvalue weighted by Crippen LogP contribution is 2.07. The monoisotopic (exact) mass is 306 g/mol. The highest BCUT2D eigenvalue weighted by molar-refractivity contribution is 5.89. The van der Waals surface area contributed by atoms with Crippen molar-refractivity contribution in [3.63, 3.8) is 0 Å². The van der Waals surface area contributed by atoms with Crippen LogP contribution in [0.25, 0.3) is 0 Å². The minimum absolute atomic E-state index is 0.265. The van der Waals surface area contributed by atoms with Gasteiger partial charge in [0.2, 0.25) is 11.9 Å². The number of nitrogens with zero attached hydrogens (tertiary/aromatic N) is 2. The van der Waals surface area contributed by atoms with Crippen LogP contribution in [0.3, 0.4) is 0 Å². The number of hydrogen-bond donors (Lipinski definition) is 0. The Kier molecular flexibility index (Phi) is 4.43. The molecule has 0 fully saturated rings. The van der Waals surface area contributed by atoms with E-state index in [2.05, 4.69) is 5.10 Å². The standard InChI is InChI=1S/C19H15FN2O/c20-17-11-9-15(10-12-17)14-18-8-4-5-13-22(18)21-19(23)16-6-2-1-3-7-16/h1-13H,14H2. The molecule has 2 aromatic carbocycles. The second-order valence-electron chi connectivity index (χ2n) is 5.11. The maximum Gasteiger partial charge on any atom is 0.218 e. The molecule has 0 amide bonds. The molecule has 3 nitrogen and oxygen atoms in total. The van der Waals surface area contributed by atoms with Crippen molar-refractivity contribution in [2.75, 3.05) is 0 Å². The summed E-state index contributed by atoms with van der Waals surface area (Å²) in [6, 6.07) is 20.8. The smallest absolute Gasteiger partial charge is 0.218 e. The molecule has 1 heterocycles. The van der Waals surface area contributed by atoms with E-state index in [1.807, 2.05) is 24.3 Å². The van der Waals surface area contributed by atoms with Crippen LogP contribution < -0.4 is 9.78 Å². The fourth-order valence-corrected chi connectivity index (χ4v) is 2.26. The van der Waals surface area contributed by atoms with E-state index in [9.17, 15) is 9.50 Å². The first-order chi connectivity index (χ1) is 11.2. The summed E-state index contributed by atoms with van der Waals surface area (Å²) < 4.78 is 14.6. The van der Waals surface area contributed by atoms with Gasteiger partial charge in [0.25, 0.3) is 0 Å². The molecule has 0 aliphatic rings. The van der Waals surface area contributed by atoms with Crippen molar-refractivity contribution in [1.82, 2.24) is 0 Å². The van der Waals surface area contributed by atoms with E-state index in [1.165, 1.54) is 12.1 Å². The average molecular weight is 306 g/mol. The molecule has 0 saturated carbocycles. The molecule has 3 aromatic rings. The molecule has 0 bridgehead atoms. The summed E-state index contributed by atoms with van der Waals surface area (Å²) in [7, 11) is 0. The van der Waals surface area contributed by atoms with Gasteiger partial charge in [0.1, 0.15) is 5.82 Å². The third-order valence-electron chi connectivity index (χ3n) is 3.44. The topological polar surface area (TPSA) is 39.3 Å². The van der Waals surface area contributed by atoms with E-state index in [4.69, 9.17) is 0 Å². The molecule has 0 radical (unpaired) electrons. The molecule has 0 aliphatic carbocycles. The summed E-state index contributed by atoms with van der Waals surface area (Å²) in [6.45, 7) is 0. The first-order valence-corrected chi connectivity index (χ1v) is 7.28. The molecule has 0 spiro atoms. The molecule has 0 atom stereocenters. The van der Waals surface area contributed by atoms with Gasteiger partial charge < -0.3 is 5.11 Å². The van der Waals surface area contributed by atoms with Crippen molar-refractivity contribution in [2.24, 2.45) is 5.10 Å². The molecule has 23 heavy (non-hydrogen) atoms. The summed E-state index contributed by atoms with van der Waals surface area (Å²) in [5.41, 5.74) is 2.34. The van der Waals surface area contributed by atoms with E-state index in [-0.39, 0.29) is 11.7 Å². The summed E-state index contributed by atoms with van der Waals surface area (Å²) in [5.74, 6) is -0.569. The van der Waals surface area contributed by atoms with E-state index in [1.54, 1.807) is 47.3 Å². The fourth-order valence-electron chi connectivity index (χ4n) is 2.26. The SMILES string of the molecule is [O-]/C(=N\[n+]1ccccc1Cc1ccc(F)cc1)c1ccccc1. The van der Waals surface area contributed by atoms with Crippen LogP contribution in [0.2, 0.25) is 0 Å². The number of hydrogen-bond acceptors (Lipinski definition) is 2. The molecule has 0 saturated heterocycles. The lowest BCUT2D eigenvalue weighted by atomic mass is 10.1. The Morgan fingerprint density at radius 2 is 1.61 bits per heavy atom. The molecule has 3 rings (SSSR count). The lowest BCUT2D eigenvalue weighted by molar-refractivity contribution is -0.688. The van der Waals surface area contributed by atoms with Gasteiger partial charge in [0.15, 0.2) is 0 Å². The molecule has 114 valence electrons. The van der Waals surface area contributed by atoms with Crippen molar-refractivity contribution in [3.8, 4) is 0 Å². The van der Waals surface area contributed by atoms with Gasteiger partial charge in [-0.05, 0) is 34.4 Å². The molecule has 0 unspecified atom stereocenters. The average Bonchev–Trinajstić information content (AvgIpc) is 2.59. The molecular formula is C19H15FN2O. The summed E-state index contributed by atoms with van der Waals surface area (Å²) >= 11 is 0. The van der Waals surface area contributed by atoms with Crippen LogP contribution in [-0.2, 0) is 6.42 Å². The Balaban J connectivity index is 1.90. The maximum absolute atomic E-state index is 13.0. The predicted octanol–water partition coefficient (Wildman–Crippen LogP) is 2.27. The number of halogens is 1. The lowest BCUT2D eigenvalue weighted by Gasteiger charge is -2.07. The first kappa shape index (κ1) is 14.9. The number of rotatable bonds is 4. The van der Waals surface area contributed by atoms with Crippen LogP contribution in [0.5, 0.6) is 0 Å². The summed E-state index contributed by atoms with van der Waals surface area (Å²) in [5, 5.41) is 16.4. The van der Waals surface area contributed by atoms with Crippen molar-refractivity contribution >= 4 is 5.90 Å². The van der Waals surface area contributed by atoms with Crippen LogP contribution in [0.1, 0.15) is 16.8 Å². The quantitative estimate of drug-likeness (QED) is 0.414. The van der Waals surface area contributed by atoms with Gasteiger partial charge >= 0.3 is 0 Å². The zero-order chi connectivity index (χ0) is 16.1. The second-order valence-corrected chi connectivity index (χ2v) is 5.11. The van der Waals surface area contributed by atoms with Gasteiger partial charge in [-0.25, -0.2) is 4.39 Å². The zero-order valence-corrected chi connectivity index (χ0v) is 12.4. The highest BCUT2D eigenvalue weighted by Gasteiger charge is 2.10.